The third-order valence-corrected chi connectivity index (χ3v) is 2.92. The van der Waals surface area contributed by atoms with Gasteiger partial charge in [0.1, 0.15) is 0 Å². The lowest BCUT2D eigenvalue weighted by molar-refractivity contribution is 0.301. The normalized spacial score (nSPS) is 11.7. The summed E-state index contributed by atoms with van der Waals surface area (Å²) in [6.07, 6.45) is 2.50. The number of aliphatic hydroxyl groups is 1. The SMILES string of the molecule is CCCN(CCO)c1nccc(CNC(C)(C)C)c1F. The maximum atomic E-state index is 14.5. The number of aromatic nitrogens is 1. The minimum Gasteiger partial charge on any atom is -0.395 e. The van der Waals surface area contributed by atoms with Crippen LogP contribution >= 0.6 is 0 Å². The van der Waals surface area contributed by atoms with E-state index < -0.39 is 0 Å². The molecule has 0 unspecified atom stereocenters. The van der Waals surface area contributed by atoms with Crippen LogP contribution in [0.2, 0.25) is 0 Å². The zero-order chi connectivity index (χ0) is 15.2. The van der Waals surface area contributed by atoms with Gasteiger partial charge in [-0.2, -0.15) is 0 Å². The van der Waals surface area contributed by atoms with Crippen molar-refractivity contribution in [2.45, 2.75) is 46.2 Å². The smallest absolute Gasteiger partial charge is 0.170 e. The first kappa shape index (κ1) is 16.9. The molecular weight excluding hydrogens is 257 g/mol. The van der Waals surface area contributed by atoms with Crippen molar-refractivity contribution in [3.05, 3.63) is 23.6 Å². The first-order chi connectivity index (χ1) is 9.39. The van der Waals surface area contributed by atoms with E-state index in [0.29, 0.717) is 31.0 Å². The number of nitrogens with one attached hydrogen (secondary N) is 1. The van der Waals surface area contributed by atoms with E-state index in [-0.39, 0.29) is 18.0 Å². The second kappa shape index (κ2) is 7.55. The number of rotatable bonds is 7. The highest BCUT2D eigenvalue weighted by atomic mass is 19.1. The maximum absolute atomic E-state index is 14.5. The van der Waals surface area contributed by atoms with Crippen LogP contribution in [0.3, 0.4) is 0 Å². The van der Waals surface area contributed by atoms with Gasteiger partial charge < -0.3 is 15.3 Å². The molecule has 0 aromatic carbocycles. The van der Waals surface area contributed by atoms with Crippen molar-refractivity contribution >= 4 is 5.82 Å². The van der Waals surface area contributed by atoms with Crippen molar-refractivity contribution in [2.24, 2.45) is 0 Å². The lowest BCUT2D eigenvalue weighted by Gasteiger charge is -2.24. The molecule has 0 aliphatic heterocycles. The number of halogens is 1. The van der Waals surface area contributed by atoms with Gasteiger partial charge in [-0.05, 0) is 33.3 Å². The zero-order valence-corrected chi connectivity index (χ0v) is 12.9. The third kappa shape index (κ3) is 5.06. The number of hydrogen-bond acceptors (Lipinski definition) is 4. The summed E-state index contributed by atoms with van der Waals surface area (Å²) >= 11 is 0. The van der Waals surface area contributed by atoms with Crippen LogP contribution in [-0.2, 0) is 6.54 Å². The Hall–Kier alpha value is -1.20. The molecule has 0 aliphatic rings. The van der Waals surface area contributed by atoms with Crippen LogP contribution in [0, 0.1) is 5.82 Å². The number of hydrogen-bond donors (Lipinski definition) is 2. The Kier molecular flexibility index (Phi) is 6.36. The highest BCUT2D eigenvalue weighted by Crippen LogP contribution is 2.20. The van der Waals surface area contributed by atoms with Crippen LogP contribution in [0.4, 0.5) is 10.2 Å². The van der Waals surface area contributed by atoms with Crippen LogP contribution < -0.4 is 10.2 Å². The minimum atomic E-state index is -0.300. The lowest BCUT2D eigenvalue weighted by atomic mass is 10.1. The molecule has 0 bridgehead atoms. The van der Waals surface area contributed by atoms with Crippen molar-refractivity contribution in [2.75, 3.05) is 24.6 Å². The topological polar surface area (TPSA) is 48.4 Å². The molecular formula is C15H26FN3O. The summed E-state index contributed by atoms with van der Waals surface area (Å²) in [7, 11) is 0. The number of nitrogens with zero attached hydrogens (tertiary/aromatic N) is 2. The first-order valence-corrected chi connectivity index (χ1v) is 7.13. The Morgan fingerprint density at radius 3 is 2.60 bits per heavy atom. The van der Waals surface area contributed by atoms with Gasteiger partial charge in [0.05, 0.1) is 6.61 Å². The van der Waals surface area contributed by atoms with E-state index in [0.717, 1.165) is 6.42 Å². The van der Waals surface area contributed by atoms with Crippen molar-refractivity contribution in [3.8, 4) is 0 Å². The van der Waals surface area contributed by atoms with E-state index >= 15 is 0 Å². The summed E-state index contributed by atoms with van der Waals surface area (Å²) in [5.74, 6) is 0.0280. The Morgan fingerprint density at radius 1 is 1.35 bits per heavy atom. The van der Waals surface area contributed by atoms with Crippen molar-refractivity contribution in [3.63, 3.8) is 0 Å². The van der Waals surface area contributed by atoms with E-state index in [1.54, 1.807) is 17.2 Å². The predicted molar refractivity (Wildman–Crippen MR) is 80.4 cm³/mol. The van der Waals surface area contributed by atoms with Crippen LogP contribution in [0.1, 0.15) is 39.7 Å². The van der Waals surface area contributed by atoms with E-state index in [9.17, 15) is 4.39 Å². The van der Waals surface area contributed by atoms with Crippen molar-refractivity contribution < 1.29 is 9.50 Å². The summed E-state index contributed by atoms with van der Waals surface area (Å²) in [6, 6.07) is 1.70. The van der Waals surface area contributed by atoms with Gasteiger partial charge >= 0.3 is 0 Å². The van der Waals surface area contributed by atoms with E-state index in [1.165, 1.54) is 0 Å². The standard InChI is InChI=1S/C15H26FN3O/c1-5-8-19(9-10-20)14-13(16)12(6-7-17-14)11-18-15(2,3)4/h6-7,18,20H,5,8-11H2,1-4H3. The van der Waals surface area contributed by atoms with Gasteiger partial charge in [-0.15, -0.1) is 0 Å². The molecule has 0 amide bonds. The molecule has 0 spiro atoms. The van der Waals surface area contributed by atoms with Gasteiger partial charge in [0.2, 0.25) is 0 Å². The highest BCUT2D eigenvalue weighted by Gasteiger charge is 2.17. The summed E-state index contributed by atoms with van der Waals surface area (Å²) in [5, 5.41) is 12.4. The first-order valence-electron chi connectivity index (χ1n) is 7.13. The van der Waals surface area contributed by atoms with Gasteiger partial charge in [-0.1, -0.05) is 6.92 Å². The summed E-state index contributed by atoms with van der Waals surface area (Å²) in [6.45, 7) is 9.68. The van der Waals surface area contributed by atoms with Crippen molar-refractivity contribution in [1.29, 1.82) is 0 Å². The lowest BCUT2D eigenvalue weighted by Crippen LogP contribution is -2.35. The summed E-state index contributed by atoms with van der Waals surface area (Å²) in [4.78, 5) is 5.92. The van der Waals surface area contributed by atoms with Crippen LogP contribution in [0.15, 0.2) is 12.3 Å². The number of pyridine rings is 1. The molecule has 1 aromatic heterocycles. The Labute approximate surface area is 121 Å². The maximum Gasteiger partial charge on any atom is 0.170 e. The van der Waals surface area contributed by atoms with Gasteiger partial charge in [-0.25, -0.2) is 9.37 Å². The summed E-state index contributed by atoms with van der Waals surface area (Å²) < 4.78 is 14.5. The molecule has 0 aliphatic carbocycles. The number of aliphatic hydroxyl groups excluding tert-OH is 1. The van der Waals surface area contributed by atoms with E-state index in [4.69, 9.17) is 5.11 Å². The van der Waals surface area contributed by atoms with Gasteiger partial charge in [0.15, 0.2) is 11.6 Å². The monoisotopic (exact) mass is 283 g/mol. The average Bonchev–Trinajstić information content (AvgIpc) is 2.36. The molecule has 1 aromatic rings. The fraction of sp³-hybridized carbons (Fsp3) is 0.667. The molecule has 0 radical (unpaired) electrons. The van der Waals surface area contributed by atoms with Crippen LogP contribution in [0.5, 0.6) is 0 Å². The minimum absolute atomic E-state index is 0.00834. The van der Waals surface area contributed by atoms with Gasteiger partial charge in [-0.3, -0.25) is 0 Å². The molecule has 1 rings (SSSR count). The van der Waals surface area contributed by atoms with Gasteiger partial charge in [0, 0.05) is 36.9 Å². The number of anilines is 1. The molecule has 0 saturated carbocycles. The second-order valence-electron chi connectivity index (χ2n) is 5.92. The molecule has 1 heterocycles. The molecule has 20 heavy (non-hydrogen) atoms. The second-order valence-corrected chi connectivity index (χ2v) is 5.92. The third-order valence-electron chi connectivity index (χ3n) is 2.92. The largest absolute Gasteiger partial charge is 0.395 e. The fourth-order valence-electron chi connectivity index (χ4n) is 1.90. The van der Waals surface area contributed by atoms with Gasteiger partial charge in [0.25, 0.3) is 0 Å². The average molecular weight is 283 g/mol. The molecule has 2 N–H and O–H groups in total. The molecule has 114 valence electrons. The quantitative estimate of drug-likeness (QED) is 0.806. The fourth-order valence-corrected chi connectivity index (χ4v) is 1.90. The molecule has 0 atom stereocenters. The Balaban J connectivity index is 2.92. The summed E-state index contributed by atoms with van der Waals surface area (Å²) in [5.41, 5.74) is 0.535. The molecule has 5 heteroatoms. The van der Waals surface area contributed by atoms with E-state index in [1.807, 2.05) is 27.7 Å². The van der Waals surface area contributed by atoms with Crippen LogP contribution in [-0.4, -0.2) is 35.3 Å². The molecule has 0 fully saturated rings. The van der Waals surface area contributed by atoms with E-state index in [2.05, 4.69) is 10.3 Å². The molecule has 4 nitrogen and oxygen atoms in total. The Bertz CT molecular complexity index is 412. The van der Waals surface area contributed by atoms with Crippen molar-refractivity contribution in [1.82, 2.24) is 10.3 Å². The Morgan fingerprint density at radius 2 is 2.05 bits per heavy atom. The highest BCUT2D eigenvalue weighted by molar-refractivity contribution is 5.43. The molecule has 0 saturated heterocycles. The predicted octanol–water partition coefficient (Wildman–Crippen LogP) is 2.32. The zero-order valence-electron chi connectivity index (χ0n) is 12.9. The van der Waals surface area contributed by atoms with Crippen LogP contribution in [0.25, 0.3) is 0 Å².